The molecule has 0 saturated heterocycles. The van der Waals surface area contributed by atoms with E-state index in [4.69, 9.17) is 9.47 Å². The molecule has 0 atom stereocenters. The summed E-state index contributed by atoms with van der Waals surface area (Å²) in [6, 6.07) is 6.84. The van der Waals surface area contributed by atoms with Crippen molar-refractivity contribution in [2.24, 2.45) is 0 Å². The number of anilines is 1. The highest BCUT2D eigenvalue weighted by Crippen LogP contribution is 2.33. The van der Waals surface area contributed by atoms with E-state index in [1.54, 1.807) is 18.2 Å². The summed E-state index contributed by atoms with van der Waals surface area (Å²) in [5.74, 6) is -0.281. The van der Waals surface area contributed by atoms with Crippen LogP contribution in [0.2, 0.25) is 0 Å². The first-order valence-corrected chi connectivity index (χ1v) is 7.87. The number of hydrogen-bond donors (Lipinski definition) is 2. The maximum absolute atomic E-state index is 13.2. The van der Waals surface area contributed by atoms with E-state index in [2.05, 4.69) is 10.6 Å². The van der Waals surface area contributed by atoms with Crippen molar-refractivity contribution in [3.05, 3.63) is 53.3 Å². The Bertz CT molecular complexity index is 810. The van der Waals surface area contributed by atoms with Crippen molar-refractivity contribution in [2.75, 3.05) is 26.1 Å². The van der Waals surface area contributed by atoms with Crippen LogP contribution in [0.15, 0.2) is 36.4 Å². The van der Waals surface area contributed by atoms with E-state index in [0.29, 0.717) is 30.1 Å². The van der Waals surface area contributed by atoms with E-state index >= 15 is 0 Å². The highest BCUT2D eigenvalue weighted by molar-refractivity contribution is 5.89. The molecule has 0 aliphatic heterocycles. The number of carbonyl (C=O) groups excluding carboxylic acids is 1. The molecule has 0 aliphatic carbocycles. The highest BCUT2D eigenvalue weighted by atomic mass is 19.4. The molecular formula is C18H18F4N2O3. The Morgan fingerprint density at radius 1 is 1.04 bits per heavy atom. The second-order valence-electron chi connectivity index (χ2n) is 5.51. The first-order valence-electron chi connectivity index (χ1n) is 7.87. The van der Waals surface area contributed by atoms with Gasteiger partial charge in [-0.05, 0) is 42.3 Å². The van der Waals surface area contributed by atoms with Gasteiger partial charge in [-0.15, -0.1) is 0 Å². The van der Waals surface area contributed by atoms with E-state index in [1.165, 1.54) is 14.2 Å². The van der Waals surface area contributed by atoms with Crippen LogP contribution < -0.4 is 20.1 Å². The molecule has 27 heavy (non-hydrogen) atoms. The van der Waals surface area contributed by atoms with Crippen LogP contribution in [0.1, 0.15) is 11.1 Å². The van der Waals surface area contributed by atoms with Gasteiger partial charge >= 0.3 is 12.2 Å². The number of rotatable bonds is 6. The number of hydrogen-bond acceptors (Lipinski definition) is 3. The third-order valence-corrected chi connectivity index (χ3v) is 3.68. The summed E-state index contributed by atoms with van der Waals surface area (Å²) in [4.78, 5) is 11.8. The predicted octanol–water partition coefficient (Wildman–Crippen LogP) is 4.23. The molecule has 2 aromatic rings. The van der Waals surface area contributed by atoms with Gasteiger partial charge in [-0.3, -0.25) is 0 Å². The summed E-state index contributed by atoms with van der Waals surface area (Å²) in [7, 11) is 3.02. The van der Waals surface area contributed by atoms with E-state index in [9.17, 15) is 22.4 Å². The van der Waals surface area contributed by atoms with Gasteiger partial charge in [-0.1, -0.05) is 6.07 Å². The van der Waals surface area contributed by atoms with Crippen LogP contribution in [0.25, 0.3) is 0 Å². The summed E-state index contributed by atoms with van der Waals surface area (Å²) in [6.45, 7) is 0.231. The second kappa shape index (κ2) is 8.61. The minimum atomic E-state index is -4.84. The van der Waals surface area contributed by atoms with Gasteiger partial charge in [-0.2, -0.15) is 13.2 Å². The molecule has 5 nitrogen and oxygen atoms in total. The molecule has 0 aliphatic rings. The Morgan fingerprint density at radius 3 is 2.37 bits per heavy atom. The van der Waals surface area contributed by atoms with Crippen molar-refractivity contribution in [1.29, 1.82) is 0 Å². The quantitative estimate of drug-likeness (QED) is 0.731. The lowest BCUT2D eigenvalue weighted by Gasteiger charge is -2.12. The maximum atomic E-state index is 13.2. The lowest BCUT2D eigenvalue weighted by atomic mass is 10.1. The fraction of sp³-hybridized carbons (Fsp3) is 0.278. The standard InChI is InChI=1S/C18H18F4N2O3/c1-26-15-6-3-11(9-16(15)27-2)7-8-23-17(25)24-12-4-5-14(19)13(10-12)18(20,21)22/h3-6,9-10H,7-8H2,1-2H3,(H2,23,24,25). The van der Waals surface area contributed by atoms with Crippen LogP contribution in [-0.4, -0.2) is 26.8 Å². The van der Waals surface area contributed by atoms with E-state index in [-0.39, 0.29) is 12.2 Å². The first-order chi connectivity index (χ1) is 12.7. The lowest BCUT2D eigenvalue weighted by molar-refractivity contribution is -0.139. The summed E-state index contributed by atoms with van der Waals surface area (Å²) >= 11 is 0. The van der Waals surface area contributed by atoms with Crippen LogP contribution >= 0.6 is 0 Å². The third kappa shape index (κ3) is 5.50. The molecule has 0 fully saturated rings. The van der Waals surface area contributed by atoms with E-state index in [1.807, 2.05) is 0 Å². The van der Waals surface area contributed by atoms with Crippen molar-refractivity contribution in [1.82, 2.24) is 5.32 Å². The zero-order valence-electron chi connectivity index (χ0n) is 14.6. The van der Waals surface area contributed by atoms with Crippen molar-refractivity contribution >= 4 is 11.7 Å². The molecular weight excluding hydrogens is 368 g/mol. The molecule has 9 heteroatoms. The molecule has 2 rings (SSSR count). The number of nitrogens with one attached hydrogen (secondary N) is 2. The van der Waals surface area contributed by atoms with Crippen molar-refractivity contribution in [3.8, 4) is 11.5 Å². The maximum Gasteiger partial charge on any atom is 0.419 e. The van der Waals surface area contributed by atoms with Gasteiger partial charge < -0.3 is 20.1 Å². The molecule has 2 amide bonds. The molecule has 2 N–H and O–H groups in total. The molecule has 0 heterocycles. The molecule has 0 saturated carbocycles. The number of benzene rings is 2. The monoisotopic (exact) mass is 386 g/mol. The van der Waals surface area contributed by atoms with Crippen molar-refractivity contribution in [2.45, 2.75) is 12.6 Å². The second-order valence-corrected chi connectivity index (χ2v) is 5.51. The van der Waals surface area contributed by atoms with Gasteiger partial charge in [0, 0.05) is 12.2 Å². The fourth-order valence-corrected chi connectivity index (χ4v) is 2.35. The van der Waals surface area contributed by atoms with Crippen LogP contribution in [-0.2, 0) is 12.6 Å². The first kappa shape index (κ1) is 20.3. The molecule has 0 spiro atoms. The Balaban J connectivity index is 1.92. The molecule has 0 bridgehead atoms. The number of methoxy groups -OCH3 is 2. The predicted molar refractivity (Wildman–Crippen MR) is 91.7 cm³/mol. The minimum Gasteiger partial charge on any atom is -0.493 e. The summed E-state index contributed by atoms with van der Waals surface area (Å²) in [5.41, 5.74) is -0.730. The van der Waals surface area contributed by atoms with Crippen LogP contribution in [0.5, 0.6) is 11.5 Å². The fourth-order valence-electron chi connectivity index (χ4n) is 2.35. The lowest BCUT2D eigenvalue weighted by Crippen LogP contribution is -2.30. The van der Waals surface area contributed by atoms with Gasteiger partial charge in [0.05, 0.1) is 19.8 Å². The van der Waals surface area contributed by atoms with Gasteiger partial charge in [0.1, 0.15) is 5.82 Å². The van der Waals surface area contributed by atoms with Crippen molar-refractivity contribution < 1.29 is 31.8 Å². The SMILES string of the molecule is COc1ccc(CCNC(=O)Nc2ccc(F)c(C(F)(F)F)c2)cc1OC. The highest BCUT2D eigenvalue weighted by Gasteiger charge is 2.34. The topological polar surface area (TPSA) is 59.6 Å². The molecule has 0 aromatic heterocycles. The Hall–Kier alpha value is -2.97. The summed E-state index contributed by atoms with van der Waals surface area (Å²) < 4.78 is 61.6. The Labute approximate surface area is 153 Å². The third-order valence-electron chi connectivity index (χ3n) is 3.68. The smallest absolute Gasteiger partial charge is 0.419 e. The van der Waals surface area contributed by atoms with E-state index < -0.39 is 23.6 Å². The number of carbonyl (C=O) groups is 1. The zero-order chi connectivity index (χ0) is 20.0. The van der Waals surface area contributed by atoms with Gasteiger partial charge in [0.2, 0.25) is 0 Å². The minimum absolute atomic E-state index is 0.160. The normalized spacial score (nSPS) is 11.0. The van der Waals surface area contributed by atoms with Gasteiger partial charge in [0.25, 0.3) is 0 Å². The molecule has 0 radical (unpaired) electrons. The molecule has 2 aromatic carbocycles. The van der Waals surface area contributed by atoms with Crippen molar-refractivity contribution in [3.63, 3.8) is 0 Å². The molecule has 0 unspecified atom stereocenters. The van der Waals surface area contributed by atoms with Crippen LogP contribution in [0, 0.1) is 5.82 Å². The number of amides is 2. The molecule has 146 valence electrons. The average molecular weight is 386 g/mol. The van der Waals surface area contributed by atoms with Gasteiger partial charge in [0.15, 0.2) is 11.5 Å². The van der Waals surface area contributed by atoms with Crippen LogP contribution in [0.3, 0.4) is 0 Å². The zero-order valence-corrected chi connectivity index (χ0v) is 14.6. The summed E-state index contributed by atoms with van der Waals surface area (Å²) in [5, 5.41) is 4.77. The number of alkyl halides is 3. The average Bonchev–Trinajstić information content (AvgIpc) is 2.62. The number of ether oxygens (including phenoxy) is 2. The van der Waals surface area contributed by atoms with E-state index in [0.717, 1.165) is 11.6 Å². The van der Waals surface area contributed by atoms with Crippen LogP contribution in [0.4, 0.5) is 28.0 Å². The number of urea groups is 1. The van der Waals surface area contributed by atoms with Gasteiger partial charge in [-0.25, -0.2) is 9.18 Å². The Kier molecular flexibility index (Phi) is 6.49. The Morgan fingerprint density at radius 2 is 1.74 bits per heavy atom. The number of halogens is 4. The summed E-state index contributed by atoms with van der Waals surface area (Å²) in [6.07, 6.45) is -4.38. The largest absolute Gasteiger partial charge is 0.493 e.